The van der Waals surface area contributed by atoms with Gasteiger partial charge in [0.25, 0.3) is 11.6 Å². The quantitative estimate of drug-likeness (QED) is 0.461. The first-order chi connectivity index (χ1) is 13.4. The van der Waals surface area contributed by atoms with Crippen LogP contribution < -0.4 is 14.8 Å². The Labute approximate surface area is 168 Å². The van der Waals surface area contributed by atoms with Gasteiger partial charge in [0.15, 0.2) is 5.13 Å². The van der Waals surface area contributed by atoms with E-state index in [0.717, 1.165) is 0 Å². The number of nitrogens with one attached hydrogen (secondary N) is 1. The Balaban J connectivity index is 1.89. The Kier molecular flexibility index (Phi) is 5.76. The van der Waals surface area contributed by atoms with E-state index in [9.17, 15) is 14.9 Å². The Hall–Kier alpha value is -3.17. The fraction of sp³-hybridized carbons (Fsp3) is 0.111. The number of aromatic nitrogens is 1. The minimum atomic E-state index is -0.673. The largest absolute Gasteiger partial charge is 0.497 e. The number of methoxy groups -OCH3 is 2. The van der Waals surface area contributed by atoms with Crippen LogP contribution >= 0.6 is 22.9 Å². The lowest BCUT2D eigenvalue weighted by Crippen LogP contribution is -2.13. The number of carbonyl (C=O) groups excluding carboxylic acids is 1. The Morgan fingerprint density at radius 2 is 2.00 bits per heavy atom. The van der Waals surface area contributed by atoms with Crippen molar-refractivity contribution in [2.75, 3.05) is 19.5 Å². The number of hydrogen-bond donors (Lipinski definition) is 1. The topological polar surface area (TPSA) is 104 Å². The molecule has 144 valence electrons. The Bertz CT molecular complexity index is 1050. The molecule has 10 heteroatoms. The van der Waals surface area contributed by atoms with Crippen LogP contribution in [0.15, 0.2) is 41.8 Å². The number of anilines is 1. The van der Waals surface area contributed by atoms with E-state index in [1.807, 2.05) is 0 Å². The highest BCUT2D eigenvalue weighted by atomic mass is 35.5. The average Bonchev–Trinajstić information content (AvgIpc) is 3.15. The molecule has 1 N–H and O–H groups in total. The van der Waals surface area contributed by atoms with Crippen LogP contribution in [-0.2, 0) is 0 Å². The SMILES string of the molecule is COc1ccc(OC)c(-c2csc(NC(=O)c3cc(Cl)ccc3[N+](=O)[O-])n2)c1. The van der Waals surface area contributed by atoms with Crippen molar-refractivity contribution < 1.29 is 19.2 Å². The number of nitro benzene ring substituents is 1. The molecule has 0 spiro atoms. The molecule has 0 atom stereocenters. The molecule has 0 bridgehead atoms. The number of benzene rings is 2. The second-order valence-corrected chi connectivity index (χ2v) is 6.77. The monoisotopic (exact) mass is 419 g/mol. The van der Waals surface area contributed by atoms with Crippen LogP contribution in [0.3, 0.4) is 0 Å². The number of nitrogens with zero attached hydrogens (tertiary/aromatic N) is 2. The van der Waals surface area contributed by atoms with Gasteiger partial charge in [0.2, 0.25) is 0 Å². The number of thiazole rings is 1. The first kappa shape index (κ1) is 19.6. The number of halogens is 1. The van der Waals surface area contributed by atoms with Crippen molar-refractivity contribution in [2.24, 2.45) is 0 Å². The summed E-state index contributed by atoms with van der Waals surface area (Å²) < 4.78 is 10.6. The number of ether oxygens (including phenoxy) is 2. The van der Waals surface area contributed by atoms with Crippen molar-refractivity contribution in [3.8, 4) is 22.8 Å². The Morgan fingerprint density at radius 1 is 1.21 bits per heavy atom. The summed E-state index contributed by atoms with van der Waals surface area (Å²) in [4.78, 5) is 27.4. The smallest absolute Gasteiger partial charge is 0.282 e. The average molecular weight is 420 g/mol. The van der Waals surface area contributed by atoms with Crippen molar-refractivity contribution in [2.45, 2.75) is 0 Å². The zero-order valence-electron chi connectivity index (χ0n) is 14.8. The number of amides is 1. The van der Waals surface area contributed by atoms with Gasteiger partial charge in [-0.25, -0.2) is 4.98 Å². The molecule has 0 aliphatic carbocycles. The predicted octanol–water partition coefficient (Wildman–Crippen LogP) is 4.64. The lowest BCUT2D eigenvalue weighted by Gasteiger charge is -2.08. The van der Waals surface area contributed by atoms with Crippen molar-refractivity contribution in [3.63, 3.8) is 0 Å². The third kappa shape index (κ3) is 4.05. The van der Waals surface area contributed by atoms with Crippen LogP contribution in [0.25, 0.3) is 11.3 Å². The number of nitro groups is 1. The lowest BCUT2D eigenvalue weighted by atomic mass is 10.1. The van der Waals surface area contributed by atoms with Crippen molar-refractivity contribution in [1.29, 1.82) is 0 Å². The molecule has 1 amide bonds. The molecule has 0 unspecified atom stereocenters. The van der Waals surface area contributed by atoms with E-state index in [2.05, 4.69) is 10.3 Å². The van der Waals surface area contributed by atoms with Gasteiger partial charge in [-0.2, -0.15) is 0 Å². The molecule has 1 aromatic heterocycles. The minimum Gasteiger partial charge on any atom is -0.497 e. The molecule has 0 saturated heterocycles. The van der Waals surface area contributed by atoms with E-state index in [1.165, 1.54) is 29.5 Å². The van der Waals surface area contributed by atoms with Crippen LogP contribution in [0.1, 0.15) is 10.4 Å². The fourth-order valence-electron chi connectivity index (χ4n) is 2.48. The van der Waals surface area contributed by atoms with E-state index in [-0.39, 0.29) is 21.4 Å². The normalized spacial score (nSPS) is 10.4. The molecule has 3 rings (SSSR count). The molecule has 0 saturated carbocycles. The first-order valence-corrected chi connectivity index (χ1v) is 9.12. The number of rotatable bonds is 6. The maximum Gasteiger partial charge on any atom is 0.282 e. The molecule has 2 aromatic carbocycles. The van der Waals surface area contributed by atoms with Gasteiger partial charge in [-0.05, 0) is 30.3 Å². The second kappa shape index (κ2) is 8.24. The lowest BCUT2D eigenvalue weighted by molar-refractivity contribution is -0.385. The van der Waals surface area contributed by atoms with E-state index in [4.69, 9.17) is 21.1 Å². The molecule has 0 aliphatic rings. The second-order valence-electron chi connectivity index (χ2n) is 5.48. The number of hydrogen-bond acceptors (Lipinski definition) is 7. The summed E-state index contributed by atoms with van der Waals surface area (Å²) in [6, 6.07) is 9.06. The highest BCUT2D eigenvalue weighted by molar-refractivity contribution is 7.14. The van der Waals surface area contributed by atoms with Crippen LogP contribution in [-0.4, -0.2) is 30.0 Å². The summed E-state index contributed by atoms with van der Waals surface area (Å²) in [6.45, 7) is 0. The van der Waals surface area contributed by atoms with Crippen LogP contribution in [0.5, 0.6) is 11.5 Å². The van der Waals surface area contributed by atoms with Gasteiger partial charge in [-0.1, -0.05) is 11.6 Å². The van der Waals surface area contributed by atoms with Crippen molar-refractivity contribution in [3.05, 3.63) is 62.5 Å². The summed E-state index contributed by atoms with van der Waals surface area (Å²) in [5, 5.41) is 16.0. The van der Waals surface area contributed by atoms with Crippen molar-refractivity contribution >= 4 is 39.7 Å². The minimum absolute atomic E-state index is 0.145. The van der Waals surface area contributed by atoms with Crippen LogP contribution in [0, 0.1) is 10.1 Å². The summed E-state index contributed by atoms with van der Waals surface area (Å²) in [5.74, 6) is 0.547. The molecule has 0 radical (unpaired) electrons. The maximum atomic E-state index is 12.5. The Morgan fingerprint density at radius 3 is 2.68 bits per heavy atom. The molecule has 3 aromatic rings. The highest BCUT2D eigenvalue weighted by Gasteiger charge is 2.22. The van der Waals surface area contributed by atoms with Crippen LogP contribution in [0.2, 0.25) is 5.02 Å². The molecule has 8 nitrogen and oxygen atoms in total. The molecule has 0 aliphatic heterocycles. The summed E-state index contributed by atoms with van der Waals surface area (Å²) in [6.07, 6.45) is 0. The molecule has 1 heterocycles. The maximum absolute atomic E-state index is 12.5. The van der Waals surface area contributed by atoms with Gasteiger partial charge < -0.3 is 9.47 Å². The van der Waals surface area contributed by atoms with E-state index in [0.29, 0.717) is 22.8 Å². The summed E-state index contributed by atoms with van der Waals surface area (Å²) in [5.41, 5.74) is 0.769. The molecule has 28 heavy (non-hydrogen) atoms. The summed E-state index contributed by atoms with van der Waals surface area (Å²) >= 11 is 7.05. The van der Waals surface area contributed by atoms with Crippen molar-refractivity contribution in [1.82, 2.24) is 4.98 Å². The van der Waals surface area contributed by atoms with Gasteiger partial charge in [-0.15, -0.1) is 11.3 Å². The zero-order chi connectivity index (χ0) is 20.3. The zero-order valence-corrected chi connectivity index (χ0v) is 16.3. The van der Waals surface area contributed by atoms with Gasteiger partial charge in [0.1, 0.15) is 17.1 Å². The van der Waals surface area contributed by atoms with Gasteiger partial charge in [0.05, 0.1) is 24.8 Å². The first-order valence-electron chi connectivity index (χ1n) is 7.86. The molecular weight excluding hydrogens is 406 g/mol. The predicted molar refractivity (Wildman–Crippen MR) is 107 cm³/mol. The van der Waals surface area contributed by atoms with Gasteiger partial charge in [0, 0.05) is 22.0 Å². The van der Waals surface area contributed by atoms with E-state index in [1.54, 1.807) is 37.8 Å². The summed E-state index contributed by atoms with van der Waals surface area (Å²) in [7, 11) is 3.09. The van der Waals surface area contributed by atoms with E-state index >= 15 is 0 Å². The fourth-order valence-corrected chi connectivity index (χ4v) is 3.36. The number of carbonyl (C=O) groups is 1. The van der Waals surface area contributed by atoms with Crippen LogP contribution in [0.4, 0.5) is 10.8 Å². The third-order valence-corrected chi connectivity index (χ3v) is 4.80. The highest BCUT2D eigenvalue weighted by Crippen LogP contribution is 2.35. The third-order valence-electron chi connectivity index (χ3n) is 3.81. The molecular formula is C18H14ClN3O5S. The van der Waals surface area contributed by atoms with E-state index < -0.39 is 10.8 Å². The standard InChI is InChI=1S/C18H14ClN3O5S/c1-26-11-4-6-16(27-2)12(8-11)14-9-28-18(20-14)21-17(23)13-7-10(19)3-5-15(13)22(24)25/h3-9H,1-2H3,(H,20,21,23). The van der Waals surface area contributed by atoms with Gasteiger partial charge in [-0.3, -0.25) is 20.2 Å². The molecule has 0 fully saturated rings. The van der Waals surface area contributed by atoms with Gasteiger partial charge >= 0.3 is 0 Å².